The fourth-order valence-electron chi connectivity index (χ4n) is 3.03. The zero-order valence-electron chi connectivity index (χ0n) is 14.9. The molecule has 1 heterocycles. The highest BCUT2D eigenvalue weighted by Crippen LogP contribution is 2.35. The molecular formula is C20H20Cl2N2O3. The fraction of sp³-hybridized carbons (Fsp3) is 0.300. The molecule has 1 N–H and O–H groups in total. The van der Waals surface area contributed by atoms with Crippen LogP contribution in [0.1, 0.15) is 19.8 Å². The third-order valence-corrected chi connectivity index (χ3v) is 5.10. The van der Waals surface area contributed by atoms with E-state index in [0.29, 0.717) is 53.2 Å². The average molecular weight is 407 g/mol. The first kappa shape index (κ1) is 19.5. The van der Waals surface area contributed by atoms with Crippen LogP contribution in [0.5, 0.6) is 11.5 Å². The second-order valence-electron chi connectivity index (χ2n) is 6.44. The van der Waals surface area contributed by atoms with Crippen LogP contribution in [0.15, 0.2) is 42.5 Å². The third-order valence-electron chi connectivity index (χ3n) is 4.57. The molecular weight excluding hydrogens is 387 g/mol. The molecule has 2 aromatic carbocycles. The van der Waals surface area contributed by atoms with Crippen LogP contribution in [0.25, 0.3) is 0 Å². The molecule has 0 bridgehead atoms. The molecule has 1 aliphatic rings. The van der Waals surface area contributed by atoms with Crippen molar-refractivity contribution in [2.45, 2.75) is 19.8 Å². The minimum Gasteiger partial charge on any atom is -0.454 e. The molecule has 7 heteroatoms. The SMILES string of the molecule is CC(=O)N1CCC(C(=O)Nc2ccccc2Oc2ccc(Cl)cc2Cl)CC1. The minimum absolute atomic E-state index is 0.0486. The van der Waals surface area contributed by atoms with Gasteiger partial charge >= 0.3 is 0 Å². The first-order chi connectivity index (χ1) is 12.9. The van der Waals surface area contributed by atoms with E-state index < -0.39 is 0 Å². The van der Waals surface area contributed by atoms with E-state index in [4.69, 9.17) is 27.9 Å². The third kappa shape index (κ3) is 4.93. The van der Waals surface area contributed by atoms with Crippen LogP contribution in [-0.2, 0) is 9.59 Å². The van der Waals surface area contributed by atoms with Gasteiger partial charge in [0.2, 0.25) is 11.8 Å². The molecule has 0 aliphatic carbocycles. The van der Waals surface area contributed by atoms with E-state index in [1.165, 1.54) is 0 Å². The number of hydrogen-bond donors (Lipinski definition) is 1. The molecule has 27 heavy (non-hydrogen) atoms. The summed E-state index contributed by atoms with van der Waals surface area (Å²) in [5.74, 6) is 0.797. The lowest BCUT2D eigenvalue weighted by molar-refractivity contribution is -0.132. The Morgan fingerprint density at radius 1 is 1.07 bits per heavy atom. The molecule has 1 fully saturated rings. The van der Waals surface area contributed by atoms with Gasteiger partial charge in [0.1, 0.15) is 5.75 Å². The number of likely N-dealkylation sites (tertiary alicyclic amines) is 1. The van der Waals surface area contributed by atoms with Gasteiger partial charge in [0.15, 0.2) is 5.75 Å². The number of hydrogen-bond acceptors (Lipinski definition) is 3. The van der Waals surface area contributed by atoms with Gasteiger partial charge in [0, 0.05) is 31.0 Å². The first-order valence-electron chi connectivity index (χ1n) is 8.72. The van der Waals surface area contributed by atoms with Crippen molar-refractivity contribution in [3.8, 4) is 11.5 Å². The van der Waals surface area contributed by atoms with Crippen molar-refractivity contribution >= 4 is 40.7 Å². The monoisotopic (exact) mass is 406 g/mol. The normalized spacial score (nSPS) is 14.7. The van der Waals surface area contributed by atoms with Crippen molar-refractivity contribution in [2.75, 3.05) is 18.4 Å². The van der Waals surface area contributed by atoms with Gasteiger partial charge in [-0.15, -0.1) is 0 Å². The standard InChI is InChI=1S/C20H20Cl2N2O3/c1-13(25)24-10-8-14(9-11-24)20(26)23-17-4-2-3-5-19(17)27-18-7-6-15(21)12-16(18)22/h2-7,12,14H,8-11H2,1H3,(H,23,26). The van der Waals surface area contributed by atoms with Gasteiger partial charge in [-0.3, -0.25) is 9.59 Å². The minimum atomic E-state index is -0.132. The Morgan fingerprint density at radius 2 is 1.78 bits per heavy atom. The zero-order valence-corrected chi connectivity index (χ0v) is 16.4. The Labute approximate surface area is 168 Å². The molecule has 0 unspecified atom stereocenters. The number of piperidine rings is 1. The Bertz CT molecular complexity index is 849. The van der Waals surface area contributed by atoms with Gasteiger partial charge in [0.05, 0.1) is 10.7 Å². The number of para-hydroxylation sites is 2. The van der Waals surface area contributed by atoms with E-state index in [9.17, 15) is 9.59 Å². The predicted octanol–water partition coefficient (Wildman–Crippen LogP) is 4.98. The van der Waals surface area contributed by atoms with Gasteiger partial charge in [0.25, 0.3) is 0 Å². The molecule has 142 valence electrons. The lowest BCUT2D eigenvalue weighted by Crippen LogP contribution is -2.40. The summed E-state index contributed by atoms with van der Waals surface area (Å²) < 4.78 is 5.87. The van der Waals surface area contributed by atoms with E-state index in [0.717, 1.165) is 0 Å². The molecule has 0 spiro atoms. The molecule has 1 aliphatic heterocycles. The van der Waals surface area contributed by atoms with Crippen LogP contribution < -0.4 is 10.1 Å². The smallest absolute Gasteiger partial charge is 0.227 e. The molecule has 3 rings (SSSR count). The van der Waals surface area contributed by atoms with Gasteiger partial charge in [-0.1, -0.05) is 35.3 Å². The number of benzene rings is 2. The summed E-state index contributed by atoms with van der Waals surface area (Å²) in [6.07, 6.45) is 1.30. The maximum Gasteiger partial charge on any atom is 0.227 e. The number of amides is 2. The summed E-state index contributed by atoms with van der Waals surface area (Å²) in [4.78, 5) is 25.8. The Kier molecular flexibility index (Phi) is 6.24. The van der Waals surface area contributed by atoms with Crippen molar-refractivity contribution in [3.63, 3.8) is 0 Å². The second kappa shape index (κ2) is 8.63. The summed E-state index contributed by atoms with van der Waals surface area (Å²) in [6, 6.07) is 12.2. The Balaban J connectivity index is 1.69. The number of carbonyl (C=O) groups excluding carboxylic acids is 2. The van der Waals surface area contributed by atoms with Crippen molar-refractivity contribution in [1.29, 1.82) is 0 Å². The topological polar surface area (TPSA) is 58.6 Å². The predicted molar refractivity (Wildman–Crippen MR) is 107 cm³/mol. The molecule has 0 aromatic heterocycles. The molecule has 0 saturated carbocycles. The number of carbonyl (C=O) groups is 2. The Hall–Kier alpha value is -2.24. The molecule has 1 saturated heterocycles. The molecule has 2 amide bonds. The maximum absolute atomic E-state index is 12.6. The van der Waals surface area contributed by atoms with E-state index in [2.05, 4.69) is 5.32 Å². The van der Waals surface area contributed by atoms with Gasteiger partial charge in [-0.2, -0.15) is 0 Å². The lowest BCUT2D eigenvalue weighted by Gasteiger charge is -2.30. The largest absolute Gasteiger partial charge is 0.454 e. The van der Waals surface area contributed by atoms with Crippen molar-refractivity contribution in [2.24, 2.45) is 5.92 Å². The van der Waals surface area contributed by atoms with E-state index in [1.807, 2.05) is 12.1 Å². The number of anilines is 1. The summed E-state index contributed by atoms with van der Waals surface area (Å²) in [7, 11) is 0. The van der Waals surface area contributed by atoms with E-state index in [1.54, 1.807) is 42.2 Å². The Morgan fingerprint density at radius 3 is 2.44 bits per heavy atom. The summed E-state index contributed by atoms with van der Waals surface area (Å²) in [5, 5.41) is 3.85. The fourth-order valence-corrected chi connectivity index (χ4v) is 3.47. The summed E-state index contributed by atoms with van der Waals surface area (Å²) >= 11 is 12.1. The molecule has 0 radical (unpaired) electrons. The zero-order chi connectivity index (χ0) is 19.4. The van der Waals surface area contributed by atoms with Gasteiger partial charge in [-0.05, 0) is 43.2 Å². The molecule has 5 nitrogen and oxygen atoms in total. The number of halogens is 2. The van der Waals surface area contributed by atoms with Crippen molar-refractivity contribution in [3.05, 3.63) is 52.5 Å². The van der Waals surface area contributed by atoms with Crippen LogP contribution in [0, 0.1) is 5.92 Å². The quantitative estimate of drug-likeness (QED) is 0.778. The van der Waals surface area contributed by atoms with Crippen LogP contribution >= 0.6 is 23.2 Å². The highest BCUT2D eigenvalue weighted by Gasteiger charge is 2.26. The highest BCUT2D eigenvalue weighted by atomic mass is 35.5. The van der Waals surface area contributed by atoms with E-state index in [-0.39, 0.29) is 17.7 Å². The van der Waals surface area contributed by atoms with Gasteiger partial charge in [-0.25, -0.2) is 0 Å². The van der Waals surface area contributed by atoms with Gasteiger partial charge < -0.3 is 15.0 Å². The number of nitrogens with zero attached hydrogens (tertiary/aromatic N) is 1. The molecule has 0 atom stereocenters. The van der Waals surface area contributed by atoms with Crippen LogP contribution in [0.3, 0.4) is 0 Å². The maximum atomic E-state index is 12.6. The van der Waals surface area contributed by atoms with E-state index >= 15 is 0 Å². The average Bonchev–Trinajstić information content (AvgIpc) is 2.65. The second-order valence-corrected chi connectivity index (χ2v) is 7.29. The summed E-state index contributed by atoms with van der Waals surface area (Å²) in [5.41, 5.74) is 0.572. The van der Waals surface area contributed by atoms with Crippen molar-refractivity contribution < 1.29 is 14.3 Å². The number of nitrogens with one attached hydrogen (secondary N) is 1. The van der Waals surface area contributed by atoms with Crippen LogP contribution in [-0.4, -0.2) is 29.8 Å². The van der Waals surface area contributed by atoms with Crippen LogP contribution in [0.4, 0.5) is 5.69 Å². The summed E-state index contributed by atoms with van der Waals surface area (Å²) in [6.45, 7) is 2.76. The lowest BCUT2D eigenvalue weighted by atomic mass is 9.96. The number of rotatable bonds is 4. The molecule has 2 aromatic rings. The van der Waals surface area contributed by atoms with Crippen LogP contribution in [0.2, 0.25) is 10.0 Å². The first-order valence-corrected chi connectivity index (χ1v) is 9.48. The highest BCUT2D eigenvalue weighted by molar-refractivity contribution is 6.35. The number of ether oxygens (including phenoxy) is 1. The van der Waals surface area contributed by atoms with Crippen molar-refractivity contribution in [1.82, 2.24) is 4.90 Å².